The topological polar surface area (TPSA) is 78.3 Å². The summed E-state index contributed by atoms with van der Waals surface area (Å²) in [7, 11) is 1.39. The predicted molar refractivity (Wildman–Crippen MR) is 49.9 cm³/mol. The van der Waals surface area contributed by atoms with E-state index in [0.29, 0.717) is 18.9 Å². The van der Waals surface area contributed by atoms with Crippen LogP contribution in [0.1, 0.15) is 25.7 Å². The van der Waals surface area contributed by atoms with E-state index in [-0.39, 0.29) is 11.5 Å². The third-order valence-electron chi connectivity index (χ3n) is 2.80. The summed E-state index contributed by atoms with van der Waals surface area (Å²) in [5.41, 5.74) is 11.2. The molecule has 0 radical (unpaired) electrons. The summed E-state index contributed by atoms with van der Waals surface area (Å²) < 4.78 is 4.60. The predicted octanol–water partition coefficient (Wildman–Crippen LogP) is 0.00580. The number of carbonyl (C=O) groups is 1. The average Bonchev–Trinajstić information content (AvgIpc) is 2.47. The Hall–Kier alpha value is -0.610. The number of ether oxygens (including phenoxy) is 1. The van der Waals surface area contributed by atoms with Crippen LogP contribution in [-0.4, -0.2) is 25.2 Å². The molecule has 1 fully saturated rings. The number of rotatable bonds is 3. The number of hydrogen-bond donors (Lipinski definition) is 2. The van der Waals surface area contributed by atoms with Gasteiger partial charge in [0.15, 0.2) is 0 Å². The molecule has 0 aromatic carbocycles. The van der Waals surface area contributed by atoms with Gasteiger partial charge < -0.3 is 16.2 Å². The smallest absolute Gasteiger partial charge is 0.307 e. The molecule has 2 atom stereocenters. The summed E-state index contributed by atoms with van der Waals surface area (Å²) in [5, 5.41) is 0. The summed E-state index contributed by atoms with van der Waals surface area (Å²) in [6.07, 6.45) is 3.08. The van der Waals surface area contributed by atoms with E-state index in [1.165, 1.54) is 7.11 Å². The van der Waals surface area contributed by atoms with Crippen molar-refractivity contribution in [3.8, 4) is 0 Å². The van der Waals surface area contributed by atoms with Crippen molar-refractivity contribution < 1.29 is 9.53 Å². The van der Waals surface area contributed by atoms with Crippen molar-refractivity contribution in [2.75, 3.05) is 13.7 Å². The average molecular weight is 186 g/mol. The van der Waals surface area contributed by atoms with Gasteiger partial charge in [0, 0.05) is 5.54 Å². The molecule has 0 aromatic rings. The largest absolute Gasteiger partial charge is 0.469 e. The number of hydrogen-bond acceptors (Lipinski definition) is 4. The van der Waals surface area contributed by atoms with Crippen molar-refractivity contribution >= 4 is 5.97 Å². The van der Waals surface area contributed by atoms with E-state index < -0.39 is 0 Å². The van der Waals surface area contributed by atoms with Gasteiger partial charge in [0.2, 0.25) is 0 Å². The fourth-order valence-electron chi connectivity index (χ4n) is 1.99. The monoisotopic (exact) mass is 186 g/mol. The number of esters is 1. The third kappa shape index (κ3) is 2.67. The van der Waals surface area contributed by atoms with E-state index in [4.69, 9.17) is 11.5 Å². The molecule has 4 heteroatoms. The SMILES string of the molecule is COC(=O)CC1(N)CCC(CN)C1. The van der Waals surface area contributed by atoms with E-state index in [0.717, 1.165) is 19.3 Å². The lowest BCUT2D eigenvalue weighted by Crippen LogP contribution is -2.39. The van der Waals surface area contributed by atoms with E-state index in [1.807, 2.05) is 0 Å². The Morgan fingerprint density at radius 3 is 2.85 bits per heavy atom. The van der Waals surface area contributed by atoms with Crippen LogP contribution in [0.2, 0.25) is 0 Å². The van der Waals surface area contributed by atoms with Crippen LogP contribution in [0.25, 0.3) is 0 Å². The molecule has 4 N–H and O–H groups in total. The first-order valence-corrected chi connectivity index (χ1v) is 4.65. The zero-order valence-corrected chi connectivity index (χ0v) is 8.08. The van der Waals surface area contributed by atoms with Crippen molar-refractivity contribution in [2.24, 2.45) is 17.4 Å². The molecule has 0 heterocycles. The van der Waals surface area contributed by atoms with E-state index in [9.17, 15) is 4.79 Å². The molecule has 13 heavy (non-hydrogen) atoms. The second-order valence-corrected chi connectivity index (χ2v) is 3.96. The minimum Gasteiger partial charge on any atom is -0.469 e. The normalized spacial score (nSPS) is 33.3. The fourth-order valence-corrected chi connectivity index (χ4v) is 1.99. The highest BCUT2D eigenvalue weighted by Crippen LogP contribution is 2.34. The standard InChI is InChI=1S/C9H18N2O2/c1-13-8(12)5-9(11)3-2-7(4-9)6-10/h7H,2-6,10-11H2,1H3. The molecular weight excluding hydrogens is 168 g/mol. The van der Waals surface area contributed by atoms with Gasteiger partial charge in [0.05, 0.1) is 13.5 Å². The Morgan fingerprint density at radius 1 is 1.69 bits per heavy atom. The van der Waals surface area contributed by atoms with Crippen LogP contribution in [0, 0.1) is 5.92 Å². The van der Waals surface area contributed by atoms with E-state index in [1.54, 1.807) is 0 Å². The van der Waals surface area contributed by atoms with E-state index >= 15 is 0 Å². The minimum atomic E-state index is -0.364. The van der Waals surface area contributed by atoms with Gasteiger partial charge in [-0.05, 0) is 31.7 Å². The van der Waals surface area contributed by atoms with Gasteiger partial charge in [-0.2, -0.15) is 0 Å². The maximum Gasteiger partial charge on any atom is 0.307 e. The maximum atomic E-state index is 11.0. The zero-order chi connectivity index (χ0) is 9.90. The fraction of sp³-hybridized carbons (Fsp3) is 0.889. The number of nitrogens with two attached hydrogens (primary N) is 2. The molecule has 0 aromatic heterocycles. The van der Waals surface area contributed by atoms with Gasteiger partial charge in [-0.1, -0.05) is 0 Å². The maximum absolute atomic E-state index is 11.0. The molecule has 4 nitrogen and oxygen atoms in total. The second kappa shape index (κ2) is 4.07. The lowest BCUT2D eigenvalue weighted by molar-refractivity contribution is -0.142. The first-order valence-electron chi connectivity index (χ1n) is 4.65. The van der Waals surface area contributed by atoms with Gasteiger partial charge in [0.25, 0.3) is 0 Å². The van der Waals surface area contributed by atoms with Crippen LogP contribution in [-0.2, 0) is 9.53 Å². The molecule has 1 aliphatic carbocycles. The molecule has 0 amide bonds. The summed E-state index contributed by atoms with van der Waals surface area (Å²) in [5.74, 6) is 0.259. The zero-order valence-electron chi connectivity index (χ0n) is 8.08. The summed E-state index contributed by atoms with van der Waals surface area (Å²) in [6.45, 7) is 0.667. The Kier molecular flexibility index (Phi) is 3.27. The lowest BCUT2D eigenvalue weighted by atomic mass is 9.93. The number of carbonyl (C=O) groups excluding carboxylic acids is 1. The van der Waals surface area contributed by atoms with Gasteiger partial charge >= 0.3 is 5.97 Å². The molecule has 0 aliphatic heterocycles. The van der Waals surface area contributed by atoms with Gasteiger partial charge in [0.1, 0.15) is 0 Å². The first kappa shape index (κ1) is 10.5. The second-order valence-electron chi connectivity index (χ2n) is 3.96. The van der Waals surface area contributed by atoms with Crippen LogP contribution in [0.15, 0.2) is 0 Å². The molecule has 0 bridgehead atoms. The Morgan fingerprint density at radius 2 is 2.38 bits per heavy atom. The Balaban J connectivity index is 2.44. The van der Waals surface area contributed by atoms with Gasteiger partial charge in [-0.25, -0.2) is 0 Å². The minimum absolute atomic E-state index is 0.222. The van der Waals surface area contributed by atoms with Crippen molar-refractivity contribution in [2.45, 2.75) is 31.2 Å². The van der Waals surface area contributed by atoms with Crippen LogP contribution in [0.4, 0.5) is 0 Å². The molecular formula is C9H18N2O2. The Labute approximate surface area is 78.6 Å². The lowest BCUT2D eigenvalue weighted by Gasteiger charge is -2.22. The van der Waals surface area contributed by atoms with Crippen molar-refractivity contribution in [1.82, 2.24) is 0 Å². The highest BCUT2D eigenvalue weighted by atomic mass is 16.5. The van der Waals surface area contributed by atoms with Crippen molar-refractivity contribution in [3.05, 3.63) is 0 Å². The molecule has 2 unspecified atom stereocenters. The molecule has 0 spiro atoms. The molecule has 1 rings (SSSR count). The van der Waals surface area contributed by atoms with Crippen LogP contribution >= 0.6 is 0 Å². The van der Waals surface area contributed by atoms with Crippen molar-refractivity contribution in [1.29, 1.82) is 0 Å². The van der Waals surface area contributed by atoms with E-state index in [2.05, 4.69) is 4.74 Å². The van der Waals surface area contributed by atoms with Crippen LogP contribution in [0.3, 0.4) is 0 Å². The molecule has 1 saturated carbocycles. The molecule has 1 aliphatic rings. The number of methoxy groups -OCH3 is 1. The third-order valence-corrected chi connectivity index (χ3v) is 2.80. The highest BCUT2D eigenvalue weighted by molar-refractivity contribution is 5.70. The molecule has 76 valence electrons. The summed E-state index contributed by atoms with van der Waals surface area (Å²) in [4.78, 5) is 11.0. The van der Waals surface area contributed by atoms with Crippen LogP contribution in [0.5, 0.6) is 0 Å². The quantitative estimate of drug-likeness (QED) is 0.608. The van der Waals surface area contributed by atoms with Crippen LogP contribution < -0.4 is 11.5 Å². The van der Waals surface area contributed by atoms with Gasteiger partial charge in [-0.15, -0.1) is 0 Å². The highest BCUT2D eigenvalue weighted by Gasteiger charge is 2.36. The summed E-state index contributed by atoms with van der Waals surface area (Å²) >= 11 is 0. The Bertz CT molecular complexity index is 196. The summed E-state index contributed by atoms with van der Waals surface area (Å²) in [6, 6.07) is 0. The van der Waals surface area contributed by atoms with Gasteiger partial charge in [-0.3, -0.25) is 4.79 Å². The molecule has 0 saturated heterocycles. The van der Waals surface area contributed by atoms with Crippen molar-refractivity contribution in [3.63, 3.8) is 0 Å². The first-order chi connectivity index (χ1) is 6.09.